The van der Waals surface area contributed by atoms with Crippen molar-refractivity contribution in [3.8, 4) is 0 Å². The number of likely N-dealkylation sites (tertiary alicyclic amines) is 1. The van der Waals surface area contributed by atoms with Crippen LogP contribution in [0.15, 0.2) is 24.3 Å². The molecule has 43 heavy (non-hydrogen) atoms. The first-order valence-electron chi connectivity index (χ1n) is 14.2. The number of aliphatic carboxylic acids is 1. The monoisotopic (exact) mass is 638 g/mol. The molecule has 3 rings (SSSR count). The number of rotatable bonds is 11. The highest BCUT2D eigenvalue weighted by Gasteiger charge is 2.38. The topological polar surface area (TPSA) is 138 Å². The lowest BCUT2D eigenvalue weighted by atomic mass is 9.88. The normalized spacial score (nSPS) is 20.2. The maximum atomic E-state index is 13.1. The van der Waals surface area contributed by atoms with Gasteiger partial charge in [-0.1, -0.05) is 23.7 Å². The van der Waals surface area contributed by atoms with Gasteiger partial charge in [0.2, 0.25) is 0 Å². The van der Waals surface area contributed by atoms with E-state index in [0.717, 1.165) is 51.0 Å². The molecular weight excluding hydrogens is 597 g/mol. The zero-order valence-electron chi connectivity index (χ0n) is 24.5. The van der Waals surface area contributed by atoms with Crippen LogP contribution < -0.4 is 16.0 Å². The van der Waals surface area contributed by atoms with Gasteiger partial charge in [-0.2, -0.15) is 13.2 Å². The molecule has 11 nitrogen and oxygen atoms in total. The van der Waals surface area contributed by atoms with Crippen molar-refractivity contribution in [1.29, 1.82) is 0 Å². The van der Waals surface area contributed by atoms with Crippen molar-refractivity contribution in [3.63, 3.8) is 0 Å². The van der Waals surface area contributed by atoms with Crippen LogP contribution in [0.25, 0.3) is 0 Å². The highest BCUT2D eigenvalue weighted by atomic mass is 35.5. The van der Waals surface area contributed by atoms with E-state index < -0.39 is 18.2 Å². The lowest BCUT2D eigenvalue weighted by Crippen LogP contribution is -2.50. The first-order valence-corrected chi connectivity index (χ1v) is 14.6. The molecule has 4 N–H and O–H groups in total. The van der Waals surface area contributed by atoms with E-state index in [4.69, 9.17) is 31.0 Å². The van der Waals surface area contributed by atoms with Gasteiger partial charge in [0.25, 0.3) is 0 Å². The molecule has 0 radical (unpaired) electrons. The van der Waals surface area contributed by atoms with E-state index in [1.165, 1.54) is 13.5 Å². The van der Waals surface area contributed by atoms with Crippen molar-refractivity contribution in [1.82, 2.24) is 20.9 Å². The van der Waals surface area contributed by atoms with Gasteiger partial charge in [-0.15, -0.1) is 0 Å². The Morgan fingerprint density at radius 2 is 1.95 bits per heavy atom. The molecule has 0 spiro atoms. The van der Waals surface area contributed by atoms with Crippen molar-refractivity contribution >= 4 is 29.7 Å². The molecule has 0 bridgehead atoms. The summed E-state index contributed by atoms with van der Waals surface area (Å²) in [5, 5.41) is 16.9. The number of nitrogens with one attached hydrogen (secondary N) is 3. The molecule has 0 saturated carbocycles. The van der Waals surface area contributed by atoms with Crippen LogP contribution in [0, 0.1) is 11.8 Å². The summed E-state index contributed by atoms with van der Waals surface area (Å²) in [5.41, 5.74) is 0.970. The number of amides is 3. The minimum absolute atomic E-state index is 0.0444. The number of carbonyl (C=O) groups is 3. The van der Waals surface area contributed by atoms with Gasteiger partial charge >= 0.3 is 24.3 Å². The molecule has 2 heterocycles. The van der Waals surface area contributed by atoms with Crippen molar-refractivity contribution < 1.29 is 46.9 Å². The maximum Gasteiger partial charge on any atom is 0.490 e. The van der Waals surface area contributed by atoms with E-state index in [-0.39, 0.29) is 24.1 Å². The summed E-state index contributed by atoms with van der Waals surface area (Å²) < 4.78 is 48.2. The Kier molecular flexibility index (Phi) is 15.9. The lowest BCUT2D eigenvalue weighted by molar-refractivity contribution is -0.192. The first-order chi connectivity index (χ1) is 20.4. The number of halogens is 4. The van der Waals surface area contributed by atoms with Crippen molar-refractivity contribution in [2.45, 2.75) is 50.4 Å². The van der Waals surface area contributed by atoms with E-state index in [1.807, 2.05) is 36.2 Å². The summed E-state index contributed by atoms with van der Waals surface area (Å²) in [7, 11) is 3.27. The van der Waals surface area contributed by atoms with E-state index >= 15 is 0 Å². The number of ether oxygens (including phenoxy) is 3. The number of methoxy groups -OCH3 is 1. The van der Waals surface area contributed by atoms with Crippen LogP contribution >= 0.6 is 11.6 Å². The Morgan fingerprint density at radius 1 is 1.21 bits per heavy atom. The summed E-state index contributed by atoms with van der Waals surface area (Å²) >= 11 is 6.27. The molecule has 0 aromatic heterocycles. The molecule has 2 saturated heterocycles. The summed E-state index contributed by atoms with van der Waals surface area (Å²) in [6.07, 6.45) is -0.703. The van der Waals surface area contributed by atoms with Gasteiger partial charge in [-0.25, -0.2) is 14.4 Å². The molecule has 0 unspecified atom stereocenters. The fourth-order valence-electron chi connectivity index (χ4n) is 5.06. The molecule has 1 aromatic carbocycles. The average Bonchev–Trinajstić information content (AvgIpc) is 2.99. The Labute approximate surface area is 254 Å². The highest BCUT2D eigenvalue weighted by Crippen LogP contribution is 2.34. The predicted octanol–water partition coefficient (Wildman–Crippen LogP) is 4.21. The number of carboxylic acid groups (broad SMARTS) is 1. The molecule has 244 valence electrons. The van der Waals surface area contributed by atoms with E-state index in [9.17, 15) is 22.8 Å². The van der Waals surface area contributed by atoms with Crippen LogP contribution in [0.5, 0.6) is 0 Å². The largest absolute Gasteiger partial charge is 0.490 e. The Balaban J connectivity index is 0.000000821. The smallest absolute Gasteiger partial charge is 0.475 e. The van der Waals surface area contributed by atoms with Gasteiger partial charge in [-0.3, -0.25) is 0 Å². The average molecular weight is 639 g/mol. The number of carbonyl (C=O) groups excluding carboxylic acids is 2. The van der Waals surface area contributed by atoms with E-state index in [2.05, 4.69) is 20.7 Å². The molecule has 2 aliphatic rings. The molecule has 0 aliphatic carbocycles. The van der Waals surface area contributed by atoms with Crippen LogP contribution in [0.1, 0.15) is 43.8 Å². The number of urea groups is 1. The number of hydrogen-bond acceptors (Lipinski definition) is 7. The second kappa shape index (κ2) is 18.8. The Bertz CT molecular complexity index is 1010. The van der Waals surface area contributed by atoms with Gasteiger partial charge < -0.3 is 40.2 Å². The van der Waals surface area contributed by atoms with Crippen molar-refractivity contribution in [2.24, 2.45) is 11.8 Å². The molecule has 4 atom stereocenters. The minimum atomic E-state index is -5.08. The van der Waals surface area contributed by atoms with E-state index in [1.54, 1.807) is 0 Å². The fourth-order valence-corrected chi connectivity index (χ4v) is 5.26. The number of likely N-dealkylation sites (N-methyl/N-ethyl adjacent to an activating group) is 1. The minimum Gasteiger partial charge on any atom is -0.475 e. The molecule has 2 aliphatic heterocycles. The second-order valence-electron chi connectivity index (χ2n) is 10.4. The maximum absolute atomic E-state index is 13.1. The van der Waals surface area contributed by atoms with Gasteiger partial charge in [0.1, 0.15) is 0 Å². The molecule has 15 heteroatoms. The Morgan fingerprint density at radius 3 is 2.56 bits per heavy atom. The fraction of sp³-hybridized carbons (Fsp3) is 0.679. The first kappa shape index (κ1) is 36.4. The van der Waals surface area contributed by atoms with Gasteiger partial charge in [0.15, 0.2) is 0 Å². The molecule has 1 aromatic rings. The summed E-state index contributed by atoms with van der Waals surface area (Å²) in [6, 6.07) is 7.81. The van der Waals surface area contributed by atoms with Gasteiger partial charge in [0.05, 0.1) is 19.8 Å². The van der Waals surface area contributed by atoms with E-state index in [0.29, 0.717) is 37.2 Å². The highest BCUT2D eigenvalue weighted by molar-refractivity contribution is 6.30. The van der Waals surface area contributed by atoms with Crippen LogP contribution in [-0.4, -0.2) is 100 Å². The standard InChI is InChI=1S/C26H41ClN4O5.C2HF3O2/c1-28-23(14-19-6-5-12-35-18-19)16-30-25(32)31-11-4-8-21(17-31)24(20-7-3-9-22(27)15-20)36-13-10-29-26(33)34-2;3-2(4,5)1(6)7/h3,7,9,15,19,21,23-24,28H,4-6,8,10-14,16-18H2,1-2H3,(H,29,33)(H,30,32);(H,6,7)/t19-,21-,23+,24+;/m1./s1. The second-order valence-corrected chi connectivity index (χ2v) is 10.8. The third-order valence-electron chi connectivity index (χ3n) is 7.23. The summed E-state index contributed by atoms with van der Waals surface area (Å²) in [6.45, 7) is 4.21. The molecule has 3 amide bonds. The van der Waals surface area contributed by atoms with Gasteiger partial charge in [0, 0.05) is 56.4 Å². The van der Waals surface area contributed by atoms with Crippen LogP contribution in [0.3, 0.4) is 0 Å². The number of benzene rings is 1. The van der Waals surface area contributed by atoms with Crippen LogP contribution in [-0.2, 0) is 19.0 Å². The SMILES string of the molecule is CN[C@H](CNC(=O)N1CCC[C@@H]([C@@H](OCCNC(=O)OC)c2cccc(Cl)c2)C1)C[C@H]1CCCOC1.O=C(O)C(F)(F)F. The number of hydrogen-bond donors (Lipinski definition) is 4. The number of alkyl carbamates (subject to hydrolysis) is 1. The Hall–Kier alpha value is -2.81. The number of carboxylic acids is 1. The number of alkyl halides is 3. The predicted molar refractivity (Wildman–Crippen MR) is 153 cm³/mol. The van der Waals surface area contributed by atoms with Crippen LogP contribution in [0.4, 0.5) is 22.8 Å². The van der Waals surface area contributed by atoms with Crippen molar-refractivity contribution in [3.05, 3.63) is 34.9 Å². The number of nitrogens with zero attached hydrogens (tertiary/aromatic N) is 1. The lowest BCUT2D eigenvalue weighted by Gasteiger charge is -2.37. The third-order valence-corrected chi connectivity index (χ3v) is 7.46. The third kappa shape index (κ3) is 13.6. The zero-order valence-corrected chi connectivity index (χ0v) is 25.2. The summed E-state index contributed by atoms with van der Waals surface area (Å²) in [5.74, 6) is -2.11. The molecular formula is C28H42ClF3N4O7. The van der Waals surface area contributed by atoms with Crippen molar-refractivity contribution in [2.75, 3.05) is 60.2 Å². The molecule has 2 fully saturated rings. The number of piperidine rings is 1. The van der Waals surface area contributed by atoms with Gasteiger partial charge in [-0.05, 0) is 62.8 Å². The summed E-state index contributed by atoms with van der Waals surface area (Å²) in [4.78, 5) is 35.2. The quantitative estimate of drug-likeness (QED) is 0.265. The van der Waals surface area contributed by atoms with Crippen LogP contribution in [0.2, 0.25) is 5.02 Å². The zero-order chi connectivity index (χ0) is 31.8.